The van der Waals surface area contributed by atoms with Crippen molar-refractivity contribution in [1.29, 1.82) is 0 Å². The van der Waals surface area contributed by atoms with Gasteiger partial charge in [-0.15, -0.1) is 0 Å². The molecule has 0 bridgehead atoms. The number of non-ortho nitro benzene ring substituents is 1. The first-order chi connectivity index (χ1) is 13.3. The number of nitrogens with one attached hydrogen (secondary N) is 1. The second kappa shape index (κ2) is 9.38. The third-order valence-corrected chi connectivity index (χ3v) is 3.55. The number of halogens is 1. The third-order valence-electron chi connectivity index (χ3n) is 3.30. The lowest BCUT2D eigenvalue weighted by Crippen LogP contribution is -2.15. The van der Waals surface area contributed by atoms with Crippen LogP contribution in [0.2, 0.25) is 5.02 Å². The van der Waals surface area contributed by atoms with Gasteiger partial charge < -0.3 is 19.5 Å². The number of nitro groups is 1. The molecule has 0 spiro atoms. The van der Waals surface area contributed by atoms with Gasteiger partial charge in [-0.25, -0.2) is 9.59 Å². The second-order valence-electron chi connectivity index (χ2n) is 5.23. The average Bonchev–Trinajstić information content (AvgIpc) is 2.68. The van der Waals surface area contributed by atoms with Crippen LogP contribution in [0.5, 0.6) is 11.5 Å². The molecule has 2 aromatic carbocycles. The Hall–Kier alpha value is -3.59. The highest BCUT2D eigenvalue weighted by Gasteiger charge is 2.16. The smallest absolute Gasteiger partial charge is 0.354 e. The van der Waals surface area contributed by atoms with Gasteiger partial charge in [-0.3, -0.25) is 10.1 Å². The largest absolute Gasteiger partial charge is 0.466 e. The first kappa shape index (κ1) is 20.7. The van der Waals surface area contributed by atoms with Gasteiger partial charge in [0.1, 0.15) is 17.2 Å². The average molecular weight is 407 g/mol. The molecule has 0 aliphatic heterocycles. The van der Waals surface area contributed by atoms with Gasteiger partial charge in [0.25, 0.3) is 5.69 Å². The number of benzene rings is 2. The fourth-order valence-electron chi connectivity index (χ4n) is 2.05. The predicted molar refractivity (Wildman–Crippen MR) is 100 cm³/mol. The Labute approximate surface area is 164 Å². The molecule has 0 saturated heterocycles. The van der Waals surface area contributed by atoms with Gasteiger partial charge in [0.15, 0.2) is 0 Å². The van der Waals surface area contributed by atoms with E-state index in [2.05, 4.69) is 14.8 Å². The van der Waals surface area contributed by atoms with Gasteiger partial charge in [0, 0.05) is 22.8 Å². The molecular weight excluding hydrogens is 392 g/mol. The molecule has 0 amide bonds. The number of hydrogen-bond acceptors (Lipinski definition) is 8. The van der Waals surface area contributed by atoms with Crippen molar-refractivity contribution in [2.24, 2.45) is 0 Å². The lowest BCUT2D eigenvalue weighted by atomic mass is 10.2. The van der Waals surface area contributed by atoms with E-state index in [1.807, 2.05) is 0 Å². The van der Waals surface area contributed by atoms with Crippen LogP contribution in [0, 0.1) is 10.1 Å². The number of carbonyl (C=O) groups is 2. The van der Waals surface area contributed by atoms with Gasteiger partial charge >= 0.3 is 11.9 Å². The molecule has 0 fully saturated rings. The molecule has 1 N–H and O–H groups in total. The van der Waals surface area contributed by atoms with Gasteiger partial charge in [-0.1, -0.05) is 11.6 Å². The standard InChI is InChI=1S/C18H15ClN2O7/c1-26-17(22)10-16(18(23)27-2)20-12-7-13(21(24)25)9-15(8-12)28-14-5-3-11(19)4-6-14/h3-10,20H,1-2H3/b16-10+. The summed E-state index contributed by atoms with van der Waals surface area (Å²) in [5.41, 5.74) is -0.442. The molecular formula is C18H15ClN2O7. The summed E-state index contributed by atoms with van der Waals surface area (Å²) in [6.45, 7) is 0. The van der Waals surface area contributed by atoms with Crippen LogP contribution in [0.4, 0.5) is 11.4 Å². The summed E-state index contributed by atoms with van der Waals surface area (Å²) in [6.07, 6.45) is 0.865. The number of ether oxygens (including phenoxy) is 3. The molecule has 2 rings (SSSR count). The second-order valence-corrected chi connectivity index (χ2v) is 5.66. The molecule has 2 aromatic rings. The van der Waals surface area contributed by atoms with E-state index >= 15 is 0 Å². The lowest BCUT2D eigenvalue weighted by Gasteiger charge is -2.11. The summed E-state index contributed by atoms with van der Waals surface area (Å²) < 4.78 is 14.7. The van der Waals surface area contributed by atoms with Crippen LogP contribution >= 0.6 is 11.6 Å². The molecule has 0 radical (unpaired) electrons. The molecule has 146 valence electrons. The zero-order valence-electron chi connectivity index (χ0n) is 14.8. The van der Waals surface area contributed by atoms with Crippen LogP contribution in [0.3, 0.4) is 0 Å². The minimum Gasteiger partial charge on any atom is -0.466 e. The zero-order valence-corrected chi connectivity index (χ0v) is 15.6. The topological polar surface area (TPSA) is 117 Å². The summed E-state index contributed by atoms with van der Waals surface area (Å²) in [5.74, 6) is -1.15. The molecule has 28 heavy (non-hydrogen) atoms. The molecule has 0 atom stereocenters. The molecule has 0 saturated carbocycles. The van der Waals surface area contributed by atoms with E-state index < -0.39 is 16.9 Å². The van der Waals surface area contributed by atoms with Crippen LogP contribution in [0.1, 0.15) is 0 Å². The van der Waals surface area contributed by atoms with E-state index in [9.17, 15) is 19.7 Å². The van der Waals surface area contributed by atoms with Crippen molar-refractivity contribution >= 4 is 34.9 Å². The van der Waals surface area contributed by atoms with Gasteiger partial charge in [-0.2, -0.15) is 0 Å². The van der Waals surface area contributed by atoms with Gasteiger partial charge in [0.05, 0.1) is 31.3 Å². The quantitative estimate of drug-likeness (QED) is 0.320. The van der Waals surface area contributed by atoms with Crippen LogP contribution < -0.4 is 10.1 Å². The Morgan fingerprint density at radius 2 is 1.75 bits per heavy atom. The predicted octanol–water partition coefficient (Wildman–Crippen LogP) is 3.68. The highest BCUT2D eigenvalue weighted by atomic mass is 35.5. The third kappa shape index (κ3) is 5.71. The number of carbonyl (C=O) groups excluding carboxylic acids is 2. The van der Waals surface area contributed by atoms with Crippen LogP contribution in [-0.2, 0) is 19.1 Å². The highest BCUT2D eigenvalue weighted by molar-refractivity contribution is 6.30. The van der Waals surface area contributed by atoms with Crippen LogP contribution in [0.25, 0.3) is 0 Å². The van der Waals surface area contributed by atoms with Crippen LogP contribution in [0.15, 0.2) is 54.2 Å². The number of anilines is 1. The van der Waals surface area contributed by atoms with Crippen molar-refractivity contribution in [3.8, 4) is 11.5 Å². The van der Waals surface area contributed by atoms with E-state index in [0.717, 1.165) is 20.3 Å². The molecule has 0 unspecified atom stereocenters. The summed E-state index contributed by atoms with van der Waals surface area (Å²) in [6, 6.07) is 10.2. The first-order valence-corrected chi connectivity index (χ1v) is 8.08. The van der Waals surface area contributed by atoms with Crippen molar-refractivity contribution in [3.05, 3.63) is 69.4 Å². The SMILES string of the molecule is COC(=O)/C=C(/Nc1cc(Oc2ccc(Cl)cc2)cc([N+](=O)[O-])c1)C(=O)OC. The van der Waals surface area contributed by atoms with Gasteiger partial charge in [-0.05, 0) is 24.3 Å². The van der Waals surface area contributed by atoms with E-state index in [1.54, 1.807) is 24.3 Å². The Bertz CT molecular complexity index is 926. The van der Waals surface area contributed by atoms with E-state index in [4.69, 9.17) is 16.3 Å². The van der Waals surface area contributed by atoms with E-state index in [1.165, 1.54) is 18.2 Å². The van der Waals surface area contributed by atoms with Crippen molar-refractivity contribution in [2.45, 2.75) is 0 Å². The summed E-state index contributed by atoms with van der Waals surface area (Å²) in [7, 11) is 2.26. The normalized spacial score (nSPS) is 10.8. The Morgan fingerprint density at radius 3 is 2.32 bits per heavy atom. The molecule has 10 heteroatoms. The highest BCUT2D eigenvalue weighted by Crippen LogP contribution is 2.31. The maximum absolute atomic E-state index is 11.9. The Kier molecular flexibility index (Phi) is 6.94. The number of rotatable bonds is 7. The first-order valence-electron chi connectivity index (χ1n) is 7.70. The molecule has 0 aliphatic carbocycles. The molecule has 0 heterocycles. The van der Waals surface area contributed by atoms with E-state index in [-0.39, 0.29) is 22.8 Å². The van der Waals surface area contributed by atoms with E-state index in [0.29, 0.717) is 10.8 Å². The van der Waals surface area contributed by atoms with Crippen molar-refractivity contribution in [2.75, 3.05) is 19.5 Å². The zero-order chi connectivity index (χ0) is 20.7. The molecule has 9 nitrogen and oxygen atoms in total. The number of nitrogens with zero attached hydrogens (tertiary/aromatic N) is 1. The maximum atomic E-state index is 11.9. The van der Waals surface area contributed by atoms with Gasteiger partial charge in [0.2, 0.25) is 0 Å². The Balaban J connectivity index is 2.39. The fraction of sp³-hybridized carbons (Fsp3) is 0.111. The number of hydrogen-bond donors (Lipinski definition) is 1. The summed E-state index contributed by atoms with van der Waals surface area (Å²) in [5, 5.41) is 14.3. The maximum Gasteiger partial charge on any atom is 0.354 e. The number of esters is 2. The van der Waals surface area contributed by atoms with Crippen molar-refractivity contribution in [1.82, 2.24) is 0 Å². The fourth-order valence-corrected chi connectivity index (χ4v) is 2.17. The lowest BCUT2D eigenvalue weighted by molar-refractivity contribution is -0.384. The van der Waals surface area contributed by atoms with Crippen LogP contribution in [-0.4, -0.2) is 31.1 Å². The minimum absolute atomic E-state index is 0.124. The number of methoxy groups -OCH3 is 2. The number of nitro benzene ring substituents is 1. The molecule has 0 aromatic heterocycles. The summed E-state index contributed by atoms with van der Waals surface area (Å²) >= 11 is 5.82. The molecule has 0 aliphatic rings. The van der Waals surface area contributed by atoms with Crippen molar-refractivity contribution < 1.29 is 28.7 Å². The monoisotopic (exact) mass is 406 g/mol. The summed E-state index contributed by atoms with van der Waals surface area (Å²) in [4.78, 5) is 33.9. The van der Waals surface area contributed by atoms with Crippen molar-refractivity contribution in [3.63, 3.8) is 0 Å². The minimum atomic E-state index is -0.864. The Morgan fingerprint density at radius 1 is 1.07 bits per heavy atom.